The van der Waals surface area contributed by atoms with E-state index in [-0.39, 0.29) is 67.5 Å². The molecule has 42 heavy (non-hydrogen) atoms. The average molecular weight is 619 g/mol. The molecule has 0 saturated carbocycles. The van der Waals surface area contributed by atoms with Gasteiger partial charge in [-0.25, -0.2) is 0 Å². The van der Waals surface area contributed by atoms with Crippen molar-refractivity contribution in [3.05, 3.63) is 65.5 Å². The van der Waals surface area contributed by atoms with Crippen molar-refractivity contribution < 1.29 is 14.4 Å². The van der Waals surface area contributed by atoms with Crippen LogP contribution in [-0.2, 0) is 0 Å². The van der Waals surface area contributed by atoms with Crippen molar-refractivity contribution in [2.24, 2.45) is 32.9 Å². The number of hydrogen-bond donors (Lipinski definition) is 9. The molecule has 224 valence electrons. The molecular weight excluding hydrogens is 585 g/mol. The standard InChI is InChI=1S/C26H31N11O3.2ClH/c27-25(28)33-7-1-6-31-23(39)20-11-14-2-4-17(13-19(14)37-20)35-24(40)21-12-16-10-15(3-5-18(16)36-21)22(38)32-8-9-34-26(29)30;;/h2-5,10-13,36-37H,1,6-9H2,(H,31,39)(H,32,38)(H,35,40)(H4,27,28,33)(H4,29,30,34);2*1H. The first-order valence-corrected chi connectivity index (χ1v) is 12.4. The molecule has 16 heteroatoms. The Kier molecular flexibility index (Phi) is 12.0. The van der Waals surface area contributed by atoms with Crippen LogP contribution in [-0.4, -0.2) is 65.8 Å². The number of aliphatic imine (C=N–C) groups is 2. The van der Waals surface area contributed by atoms with Crippen molar-refractivity contribution in [1.82, 2.24) is 20.6 Å². The summed E-state index contributed by atoms with van der Waals surface area (Å²) in [4.78, 5) is 51.7. The molecule has 0 radical (unpaired) electrons. The van der Waals surface area contributed by atoms with E-state index in [0.717, 1.165) is 5.39 Å². The van der Waals surface area contributed by atoms with E-state index in [1.807, 2.05) is 0 Å². The number of aromatic amines is 2. The molecule has 0 saturated heterocycles. The van der Waals surface area contributed by atoms with Crippen LogP contribution < -0.4 is 38.9 Å². The monoisotopic (exact) mass is 617 g/mol. The fourth-order valence-electron chi connectivity index (χ4n) is 3.96. The molecule has 3 amide bonds. The highest BCUT2D eigenvalue weighted by Crippen LogP contribution is 2.22. The minimum Gasteiger partial charge on any atom is -0.370 e. The normalized spacial score (nSPS) is 10.2. The number of nitrogens with two attached hydrogens (primary N) is 4. The molecule has 0 aliphatic carbocycles. The van der Waals surface area contributed by atoms with Crippen molar-refractivity contribution >= 4 is 81.9 Å². The maximum atomic E-state index is 12.9. The predicted octanol–water partition coefficient (Wildman–Crippen LogP) is 1.14. The van der Waals surface area contributed by atoms with Gasteiger partial charge in [0.05, 0.1) is 6.54 Å². The molecule has 0 fully saturated rings. The van der Waals surface area contributed by atoms with Crippen molar-refractivity contribution in [2.75, 3.05) is 31.5 Å². The van der Waals surface area contributed by atoms with Crippen molar-refractivity contribution in [2.45, 2.75) is 6.42 Å². The number of guanidine groups is 2. The number of hydrogen-bond acceptors (Lipinski definition) is 5. The Morgan fingerprint density at radius 1 is 0.667 bits per heavy atom. The van der Waals surface area contributed by atoms with Crippen LogP contribution in [0.2, 0.25) is 0 Å². The van der Waals surface area contributed by atoms with Crippen molar-refractivity contribution in [3.63, 3.8) is 0 Å². The van der Waals surface area contributed by atoms with Crippen LogP contribution in [0.5, 0.6) is 0 Å². The number of H-pyrrole nitrogens is 2. The topological polar surface area (TPSA) is 248 Å². The molecular formula is C26H33Cl2N11O3. The van der Waals surface area contributed by atoms with Gasteiger partial charge in [-0.3, -0.25) is 24.4 Å². The number of amides is 3. The van der Waals surface area contributed by atoms with Gasteiger partial charge < -0.3 is 48.9 Å². The summed E-state index contributed by atoms with van der Waals surface area (Å²) in [5.41, 5.74) is 24.2. The van der Waals surface area contributed by atoms with Gasteiger partial charge in [0.2, 0.25) is 0 Å². The lowest BCUT2D eigenvalue weighted by Crippen LogP contribution is -2.28. The lowest BCUT2D eigenvalue weighted by atomic mass is 10.1. The quantitative estimate of drug-likeness (QED) is 0.0673. The Bertz CT molecular complexity index is 1620. The molecule has 2 aromatic heterocycles. The molecule has 0 aliphatic heterocycles. The number of halogens is 2. The molecule has 4 aromatic rings. The SMILES string of the molecule is Cl.Cl.NC(N)=NCCCNC(=O)c1cc2ccc(NC(=O)c3cc4cc(C(=O)NCCN=C(N)N)ccc4[nH]3)cc2[nH]1. The number of rotatable bonds is 11. The summed E-state index contributed by atoms with van der Waals surface area (Å²) >= 11 is 0. The summed E-state index contributed by atoms with van der Waals surface area (Å²) in [5.74, 6) is -0.920. The molecule has 0 atom stereocenters. The van der Waals surface area contributed by atoms with Gasteiger partial charge in [0.15, 0.2) is 11.9 Å². The van der Waals surface area contributed by atoms with Crippen LogP contribution in [0, 0.1) is 0 Å². The maximum Gasteiger partial charge on any atom is 0.272 e. The minimum atomic E-state index is -0.357. The smallest absolute Gasteiger partial charge is 0.272 e. The Balaban J connectivity index is 0.00000308. The van der Waals surface area contributed by atoms with Crippen LogP contribution >= 0.6 is 24.8 Å². The van der Waals surface area contributed by atoms with Crippen LogP contribution in [0.25, 0.3) is 21.8 Å². The van der Waals surface area contributed by atoms with Crippen LogP contribution in [0.15, 0.2) is 58.5 Å². The van der Waals surface area contributed by atoms with Gasteiger partial charge in [0.25, 0.3) is 17.7 Å². The Hall–Kier alpha value is -4.95. The highest BCUT2D eigenvalue weighted by Gasteiger charge is 2.14. The second-order valence-electron chi connectivity index (χ2n) is 8.90. The Labute approximate surface area is 253 Å². The van der Waals surface area contributed by atoms with E-state index >= 15 is 0 Å². The lowest BCUT2D eigenvalue weighted by molar-refractivity contribution is 0.0943. The summed E-state index contributed by atoms with van der Waals surface area (Å²) in [5, 5.41) is 9.92. The Morgan fingerprint density at radius 3 is 2.05 bits per heavy atom. The number of nitrogens with one attached hydrogen (secondary N) is 5. The maximum absolute atomic E-state index is 12.9. The van der Waals surface area contributed by atoms with Gasteiger partial charge in [0.1, 0.15) is 11.4 Å². The van der Waals surface area contributed by atoms with E-state index < -0.39 is 0 Å². The molecule has 0 bridgehead atoms. The van der Waals surface area contributed by atoms with Crippen LogP contribution in [0.3, 0.4) is 0 Å². The average Bonchev–Trinajstić information content (AvgIpc) is 3.54. The molecule has 0 aliphatic rings. The zero-order valence-electron chi connectivity index (χ0n) is 22.4. The molecule has 4 rings (SSSR count). The van der Waals surface area contributed by atoms with Gasteiger partial charge in [-0.05, 0) is 48.9 Å². The number of carbonyl (C=O) groups is 3. The summed E-state index contributed by atoms with van der Waals surface area (Å²) in [6.07, 6.45) is 0.600. The first kappa shape index (κ1) is 33.3. The Morgan fingerprint density at radius 2 is 1.31 bits per heavy atom. The highest BCUT2D eigenvalue weighted by atomic mass is 35.5. The molecule has 0 spiro atoms. The second-order valence-corrected chi connectivity index (χ2v) is 8.90. The summed E-state index contributed by atoms with van der Waals surface area (Å²) in [6, 6.07) is 13.8. The zero-order valence-corrected chi connectivity index (χ0v) is 24.0. The lowest BCUT2D eigenvalue weighted by Gasteiger charge is -2.04. The molecule has 2 aromatic carbocycles. The number of carbonyl (C=O) groups excluding carboxylic acids is 3. The number of fused-ring (bicyclic) bond motifs is 2. The van der Waals surface area contributed by atoms with E-state index in [9.17, 15) is 14.4 Å². The zero-order chi connectivity index (χ0) is 28.6. The van der Waals surface area contributed by atoms with Crippen LogP contribution in [0.1, 0.15) is 37.8 Å². The van der Waals surface area contributed by atoms with E-state index in [1.165, 1.54) is 0 Å². The molecule has 0 unspecified atom stereocenters. The van der Waals surface area contributed by atoms with Crippen molar-refractivity contribution in [3.8, 4) is 0 Å². The van der Waals surface area contributed by atoms with E-state index in [1.54, 1.807) is 48.5 Å². The number of nitrogens with zero attached hydrogens (tertiary/aromatic N) is 2. The number of anilines is 1. The number of benzene rings is 2. The summed E-state index contributed by atoms with van der Waals surface area (Å²) in [6.45, 7) is 1.40. The van der Waals surface area contributed by atoms with Gasteiger partial charge >= 0.3 is 0 Å². The summed E-state index contributed by atoms with van der Waals surface area (Å²) in [7, 11) is 0. The second kappa shape index (κ2) is 15.2. The first-order chi connectivity index (χ1) is 19.2. The third-order valence-corrected chi connectivity index (χ3v) is 5.86. The van der Waals surface area contributed by atoms with Crippen LogP contribution in [0.4, 0.5) is 5.69 Å². The largest absolute Gasteiger partial charge is 0.370 e. The molecule has 13 N–H and O–H groups in total. The third-order valence-electron chi connectivity index (χ3n) is 5.86. The molecule has 14 nitrogen and oxygen atoms in total. The van der Waals surface area contributed by atoms with E-state index in [2.05, 4.69) is 35.9 Å². The predicted molar refractivity (Wildman–Crippen MR) is 170 cm³/mol. The third kappa shape index (κ3) is 8.78. The van der Waals surface area contributed by atoms with Gasteiger partial charge in [-0.15, -0.1) is 24.8 Å². The molecule has 2 heterocycles. The van der Waals surface area contributed by atoms with E-state index in [4.69, 9.17) is 22.9 Å². The summed E-state index contributed by atoms with van der Waals surface area (Å²) < 4.78 is 0. The fraction of sp³-hybridized carbons (Fsp3) is 0.192. The van der Waals surface area contributed by atoms with Gasteiger partial charge in [-0.1, -0.05) is 6.07 Å². The van der Waals surface area contributed by atoms with E-state index in [0.29, 0.717) is 58.6 Å². The number of aromatic nitrogens is 2. The highest BCUT2D eigenvalue weighted by molar-refractivity contribution is 6.08. The van der Waals surface area contributed by atoms with Crippen molar-refractivity contribution in [1.29, 1.82) is 0 Å². The minimum absolute atomic E-state index is 0. The first-order valence-electron chi connectivity index (χ1n) is 12.4. The fourth-order valence-corrected chi connectivity index (χ4v) is 3.96. The van der Waals surface area contributed by atoms with Gasteiger partial charge in [-0.2, -0.15) is 0 Å². The van der Waals surface area contributed by atoms with Gasteiger partial charge in [0, 0.05) is 52.7 Å².